The van der Waals surface area contributed by atoms with Crippen LogP contribution in [0.5, 0.6) is 0 Å². The fourth-order valence-corrected chi connectivity index (χ4v) is 0.541. The van der Waals surface area contributed by atoms with Gasteiger partial charge < -0.3 is 9.94 Å². The SMILES string of the molecule is CONC(CC(=O)O)C(F)(F)F. The Balaban J connectivity index is 4.13. The molecule has 2 N–H and O–H groups in total. The molecule has 0 aliphatic heterocycles. The number of rotatable bonds is 4. The Morgan fingerprint density at radius 3 is 2.42 bits per heavy atom. The Labute approximate surface area is 66.3 Å². The molecule has 0 fully saturated rings. The first-order valence-corrected chi connectivity index (χ1v) is 2.95. The van der Waals surface area contributed by atoms with Gasteiger partial charge in [-0.15, -0.1) is 0 Å². The average molecular weight is 187 g/mol. The van der Waals surface area contributed by atoms with E-state index in [1.165, 1.54) is 0 Å². The molecule has 7 heteroatoms. The molecule has 0 aromatic heterocycles. The number of aliphatic carboxylic acids is 1. The molecule has 0 radical (unpaired) electrons. The lowest BCUT2D eigenvalue weighted by Gasteiger charge is -2.17. The van der Waals surface area contributed by atoms with Gasteiger partial charge in [-0.3, -0.25) is 4.79 Å². The van der Waals surface area contributed by atoms with Gasteiger partial charge in [0, 0.05) is 0 Å². The third-order valence-corrected chi connectivity index (χ3v) is 1.03. The highest BCUT2D eigenvalue weighted by Gasteiger charge is 2.41. The number of nitrogens with one attached hydrogen (secondary N) is 1. The normalized spacial score (nSPS) is 14.3. The van der Waals surface area contributed by atoms with Gasteiger partial charge in [0.25, 0.3) is 0 Å². The summed E-state index contributed by atoms with van der Waals surface area (Å²) in [6, 6.07) is -2.17. The predicted molar refractivity (Wildman–Crippen MR) is 32.2 cm³/mol. The van der Waals surface area contributed by atoms with Crippen LogP contribution in [0.15, 0.2) is 0 Å². The van der Waals surface area contributed by atoms with E-state index in [2.05, 4.69) is 4.84 Å². The van der Waals surface area contributed by atoms with E-state index in [1.54, 1.807) is 5.48 Å². The zero-order valence-electron chi connectivity index (χ0n) is 6.18. The summed E-state index contributed by atoms with van der Waals surface area (Å²) in [5.74, 6) is -1.54. The van der Waals surface area contributed by atoms with Crippen molar-refractivity contribution in [1.29, 1.82) is 0 Å². The zero-order chi connectivity index (χ0) is 9.78. The summed E-state index contributed by atoms with van der Waals surface area (Å²) in [4.78, 5) is 13.9. The number of alkyl halides is 3. The maximum absolute atomic E-state index is 11.9. The minimum atomic E-state index is -4.62. The number of carboxylic acids is 1. The van der Waals surface area contributed by atoms with E-state index >= 15 is 0 Å². The Kier molecular flexibility index (Phi) is 3.98. The third kappa shape index (κ3) is 4.14. The second kappa shape index (κ2) is 4.27. The van der Waals surface area contributed by atoms with Crippen molar-refractivity contribution in [1.82, 2.24) is 5.48 Å². The monoisotopic (exact) mass is 187 g/mol. The summed E-state index contributed by atoms with van der Waals surface area (Å²) in [5, 5.41) is 8.08. The van der Waals surface area contributed by atoms with Crippen molar-refractivity contribution in [3.05, 3.63) is 0 Å². The highest BCUT2D eigenvalue weighted by atomic mass is 19.4. The molecule has 0 aliphatic carbocycles. The molecule has 0 aromatic rings. The Bertz CT molecular complexity index is 159. The molecule has 0 aliphatic rings. The van der Waals surface area contributed by atoms with Crippen molar-refractivity contribution in [2.45, 2.75) is 18.6 Å². The van der Waals surface area contributed by atoms with E-state index < -0.39 is 24.6 Å². The average Bonchev–Trinajstić information content (AvgIpc) is 1.83. The molecule has 0 rings (SSSR count). The van der Waals surface area contributed by atoms with Crippen LogP contribution < -0.4 is 5.48 Å². The van der Waals surface area contributed by atoms with E-state index in [4.69, 9.17) is 5.11 Å². The van der Waals surface area contributed by atoms with Gasteiger partial charge in [-0.2, -0.15) is 18.7 Å². The fraction of sp³-hybridized carbons (Fsp3) is 0.800. The Morgan fingerprint density at radius 1 is 1.67 bits per heavy atom. The number of halogens is 3. The lowest BCUT2D eigenvalue weighted by Crippen LogP contribution is -2.43. The molecule has 12 heavy (non-hydrogen) atoms. The maximum Gasteiger partial charge on any atom is 0.406 e. The number of hydroxylamine groups is 1. The van der Waals surface area contributed by atoms with Gasteiger partial charge in [0.05, 0.1) is 13.5 Å². The Morgan fingerprint density at radius 2 is 2.17 bits per heavy atom. The first-order valence-electron chi connectivity index (χ1n) is 2.95. The third-order valence-electron chi connectivity index (χ3n) is 1.03. The second-order valence-electron chi connectivity index (χ2n) is 2.01. The molecule has 1 unspecified atom stereocenters. The Hall–Kier alpha value is -0.820. The van der Waals surface area contributed by atoms with Crippen molar-refractivity contribution in [3.8, 4) is 0 Å². The molecule has 0 aromatic carbocycles. The summed E-state index contributed by atoms with van der Waals surface area (Å²) in [7, 11) is 0.987. The summed E-state index contributed by atoms with van der Waals surface area (Å²) in [5.41, 5.74) is 1.55. The van der Waals surface area contributed by atoms with Gasteiger partial charge in [-0.1, -0.05) is 0 Å². The predicted octanol–water partition coefficient (Wildman–Crippen LogP) is 0.543. The van der Waals surface area contributed by atoms with Crippen LogP contribution in [0.4, 0.5) is 13.2 Å². The van der Waals surface area contributed by atoms with Gasteiger partial charge in [-0.25, -0.2) is 0 Å². The van der Waals surface area contributed by atoms with Crippen LogP contribution in [0, 0.1) is 0 Å². The number of hydrogen-bond acceptors (Lipinski definition) is 3. The van der Waals surface area contributed by atoms with Crippen molar-refractivity contribution < 1.29 is 27.9 Å². The quantitative estimate of drug-likeness (QED) is 0.631. The number of hydrogen-bond donors (Lipinski definition) is 2. The zero-order valence-corrected chi connectivity index (χ0v) is 6.18. The largest absolute Gasteiger partial charge is 0.481 e. The molecule has 0 bridgehead atoms. The molecule has 0 spiro atoms. The highest BCUT2D eigenvalue weighted by molar-refractivity contribution is 5.67. The van der Waals surface area contributed by atoms with E-state index in [9.17, 15) is 18.0 Å². The summed E-state index contributed by atoms with van der Waals surface area (Å²) in [6.45, 7) is 0. The second-order valence-corrected chi connectivity index (χ2v) is 2.01. The maximum atomic E-state index is 11.9. The molecular formula is C5H8F3NO3. The van der Waals surface area contributed by atoms with Crippen LogP contribution in [0.3, 0.4) is 0 Å². The van der Waals surface area contributed by atoms with Gasteiger partial charge in [-0.05, 0) is 0 Å². The van der Waals surface area contributed by atoms with Gasteiger partial charge in [0.2, 0.25) is 0 Å². The highest BCUT2D eigenvalue weighted by Crippen LogP contribution is 2.22. The minimum Gasteiger partial charge on any atom is -0.481 e. The van der Waals surface area contributed by atoms with Crippen LogP contribution >= 0.6 is 0 Å². The summed E-state index contributed by atoms with van der Waals surface area (Å²) < 4.78 is 35.6. The van der Waals surface area contributed by atoms with E-state index in [0.717, 1.165) is 7.11 Å². The standard InChI is InChI=1S/C5H8F3NO3/c1-12-9-3(2-4(10)11)5(6,7)8/h3,9H,2H2,1H3,(H,10,11). The van der Waals surface area contributed by atoms with Crippen LogP contribution in [0.2, 0.25) is 0 Å². The van der Waals surface area contributed by atoms with E-state index in [1.807, 2.05) is 0 Å². The topological polar surface area (TPSA) is 58.6 Å². The van der Waals surface area contributed by atoms with Gasteiger partial charge >= 0.3 is 12.1 Å². The molecule has 0 saturated heterocycles. The smallest absolute Gasteiger partial charge is 0.406 e. The molecule has 72 valence electrons. The van der Waals surface area contributed by atoms with Crippen LogP contribution in [0.25, 0.3) is 0 Å². The first kappa shape index (κ1) is 11.2. The van der Waals surface area contributed by atoms with Crippen LogP contribution in [-0.2, 0) is 9.63 Å². The molecule has 0 heterocycles. The minimum absolute atomic E-state index is 0.987. The molecular weight excluding hydrogens is 179 g/mol. The van der Waals surface area contributed by atoms with E-state index in [0.29, 0.717) is 0 Å². The van der Waals surface area contributed by atoms with Crippen molar-refractivity contribution in [2.75, 3.05) is 7.11 Å². The van der Waals surface area contributed by atoms with E-state index in [-0.39, 0.29) is 0 Å². The van der Waals surface area contributed by atoms with Gasteiger partial charge in [0.15, 0.2) is 0 Å². The van der Waals surface area contributed by atoms with Crippen LogP contribution in [0.1, 0.15) is 6.42 Å². The lowest BCUT2D eigenvalue weighted by molar-refractivity contribution is -0.187. The summed E-state index contributed by atoms with van der Waals surface area (Å²) >= 11 is 0. The summed E-state index contributed by atoms with van der Waals surface area (Å²) in [6.07, 6.45) is -5.67. The molecule has 1 atom stereocenters. The molecule has 0 saturated carbocycles. The number of carboxylic acid groups (broad SMARTS) is 1. The molecule has 0 amide bonds. The first-order chi connectivity index (χ1) is 5.38. The van der Waals surface area contributed by atoms with Crippen molar-refractivity contribution in [2.24, 2.45) is 0 Å². The van der Waals surface area contributed by atoms with Crippen LogP contribution in [-0.4, -0.2) is 30.4 Å². The van der Waals surface area contributed by atoms with Gasteiger partial charge in [0.1, 0.15) is 6.04 Å². The number of carbonyl (C=O) groups is 1. The molecule has 4 nitrogen and oxygen atoms in total. The fourth-order valence-electron chi connectivity index (χ4n) is 0.541. The van der Waals surface area contributed by atoms with Crippen molar-refractivity contribution in [3.63, 3.8) is 0 Å². The lowest BCUT2D eigenvalue weighted by atomic mass is 10.2. The van der Waals surface area contributed by atoms with Crippen molar-refractivity contribution >= 4 is 5.97 Å².